The zero-order valence-electron chi connectivity index (χ0n) is 9.51. The average molecular weight is 241 g/mol. The topological polar surface area (TPSA) is 39.6 Å². The summed E-state index contributed by atoms with van der Waals surface area (Å²) in [5.41, 5.74) is 1.89. The third kappa shape index (κ3) is 3.52. The van der Waals surface area contributed by atoms with E-state index in [1.165, 1.54) is 11.3 Å². The van der Waals surface area contributed by atoms with Crippen LogP contribution in [0.1, 0.15) is 11.3 Å². The molecule has 1 aliphatic rings. The average Bonchev–Trinajstić information content (AvgIpc) is 2.68. The van der Waals surface area contributed by atoms with Crippen LogP contribution in [0.3, 0.4) is 0 Å². The lowest BCUT2D eigenvalue weighted by Crippen LogP contribution is -2.32. The molecule has 0 aromatic carbocycles. The number of hydrogen-bond donors (Lipinski definition) is 1. The zero-order chi connectivity index (χ0) is 11.2. The summed E-state index contributed by atoms with van der Waals surface area (Å²) in [6, 6.07) is 0. The first-order valence-electron chi connectivity index (χ1n) is 5.81. The van der Waals surface area contributed by atoms with E-state index in [1.807, 2.05) is 11.7 Å². The first-order chi connectivity index (χ1) is 7.88. The first kappa shape index (κ1) is 12.0. The molecule has 16 heavy (non-hydrogen) atoms. The van der Waals surface area contributed by atoms with Gasteiger partial charge < -0.3 is 5.11 Å². The van der Waals surface area contributed by atoms with Gasteiger partial charge in [-0.2, -0.15) is 0 Å². The monoisotopic (exact) mass is 241 g/mol. The lowest BCUT2D eigenvalue weighted by molar-refractivity contribution is 0.196. The summed E-state index contributed by atoms with van der Waals surface area (Å²) in [4.78, 5) is 10.3. The number of aliphatic hydroxyl groups is 1. The highest BCUT2D eigenvalue weighted by molar-refractivity contribution is 7.09. The quantitative estimate of drug-likeness (QED) is 0.840. The number of rotatable bonds is 4. The fraction of sp³-hybridized carbons (Fsp3) is 0.727. The van der Waals surface area contributed by atoms with Crippen molar-refractivity contribution in [1.82, 2.24) is 14.8 Å². The summed E-state index contributed by atoms with van der Waals surface area (Å²) < 4.78 is 0. The second-order valence-corrected chi connectivity index (χ2v) is 5.13. The predicted molar refractivity (Wildman–Crippen MR) is 65.5 cm³/mol. The van der Waals surface area contributed by atoms with E-state index in [1.54, 1.807) is 11.3 Å². The smallest absolute Gasteiger partial charge is 0.0794 e. The Morgan fingerprint density at radius 2 is 2.06 bits per heavy atom. The molecule has 0 aliphatic carbocycles. The van der Waals surface area contributed by atoms with Crippen molar-refractivity contribution in [3.05, 3.63) is 16.6 Å². The number of thiazole rings is 1. The minimum atomic E-state index is 0.273. The molecule has 90 valence electrons. The van der Waals surface area contributed by atoms with Gasteiger partial charge in [0.05, 0.1) is 12.1 Å². The summed E-state index contributed by atoms with van der Waals surface area (Å²) >= 11 is 1.73. The molecular formula is C11H19N3OS. The number of β-amino-alcohol motifs (C(OH)–C–C–N with tert-alkyl or cyclic N) is 1. The molecule has 1 aliphatic heterocycles. The molecule has 1 aromatic rings. The summed E-state index contributed by atoms with van der Waals surface area (Å²) in [7, 11) is 0. The van der Waals surface area contributed by atoms with E-state index in [4.69, 9.17) is 5.11 Å². The van der Waals surface area contributed by atoms with Crippen molar-refractivity contribution < 1.29 is 5.11 Å². The van der Waals surface area contributed by atoms with Crippen molar-refractivity contribution in [3.8, 4) is 0 Å². The molecule has 0 unspecified atom stereocenters. The van der Waals surface area contributed by atoms with Gasteiger partial charge in [0, 0.05) is 37.3 Å². The van der Waals surface area contributed by atoms with Crippen molar-refractivity contribution in [2.24, 2.45) is 0 Å². The molecular weight excluding hydrogens is 222 g/mol. The Hall–Kier alpha value is -0.490. The molecule has 0 radical (unpaired) electrons. The maximum Gasteiger partial charge on any atom is 0.0794 e. The predicted octanol–water partition coefficient (Wildman–Crippen LogP) is 0.643. The molecule has 0 spiro atoms. The molecule has 0 saturated carbocycles. The second kappa shape index (κ2) is 6.30. The highest BCUT2D eigenvalue weighted by Crippen LogP contribution is 2.11. The molecule has 0 bridgehead atoms. The minimum Gasteiger partial charge on any atom is -0.395 e. The number of aromatic nitrogens is 1. The number of nitrogens with zero attached hydrogens (tertiary/aromatic N) is 3. The summed E-state index contributed by atoms with van der Waals surface area (Å²) in [5.74, 6) is 0. The van der Waals surface area contributed by atoms with Gasteiger partial charge in [-0.05, 0) is 19.5 Å². The standard InChI is InChI=1S/C11H19N3OS/c15-7-6-13-2-1-3-14(5-4-13)9-11-8-12-10-16-11/h8,10,15H,1-7,9H2. The molecule has 1 saturated heterocycles. The van der Waals surface area contributed by atoms with Gasteiger partial charge in [-0.3, -0.25) is 14.8 Å². The van der Waals surface area contributed by atoms with Gasteiger partial charge in [0.15, 0.2) is 0 Å². The number of hydrogen-bond acceptors (Lipinski definition) is 5. The molecule has 4 nitrogen and oxygen atoms in total. The van der Waals surface area contributed by atoms with E-state index in [9.17, 15) is 0 Å². The maximum atomic E-state index is 8.92. The van der Waals surface area contributed by atoms with Crippen LogP contribution in [0, 0.1) is 0 Å². The Balaban J connectivity index is 1.80. The SMILES string of the molecule is OCCN1CCCN(Cc2cncs2)CC1. The van der Waals surface area contributed by atoms with E-state index in [0.717, 1.165) is 39.3 Å². The van der Waals surface area contributed by atoms with E-state index in [2.05, 4.69) is 14.8 Å². The first-order valence-corrected chi connectivity index (χ1v) is 6.69. The van der Waals surface area contributed by atoms with Gasteiger partial charge in [0.1, 0.15) is 0 Å². The van der Waals surface area contributed by atoms with Gasteiger partial charge in [-0.25, -0.2) is 0 Å². The lowest BCUT2D eigenvalue weighted by atomic mass is 10.3. The van der Waals surface area contributed by atoms with Crippen molar-refractivity contribution >= 4 is 11.3 Å². The molecule has 0 amide bonds. The van der Waals surface area contributed by atoms with Crippen molar-refractivity contribution in [2.75, 3.05) is 39.3 Å². The van der Waals surface area contributed by atoms with E-state index in [0.29, 0.717) is 0 Å². The Bertz CT molecular complexity index is 291. The van der Waals surface area contributed by atoms with Crippen LogP contribution in [0.2, 0.25) is 0 Å². The van der Waals surface area contributed by atoms with E-state index < -0.39 is 0 Å². The van der Waals surface area contributed by atoms with Gasteiger partial charge in [-0.15, -0.1) is 11.3 Å². The van der Waals surface area contributed by atoms with Gasteiger partial charge in [-0.1, -0.05) is 0 Å². The van der Waals surface area contributed by atoms with Gasteiger partial charge >= 0.3 is 0 Å². The summed E-state index contributed by atoms with van der Waals surface area (Å²) in [5, 5.41) is 8.92. The van der Waals surface area contributed by atoms with Crippen LogP contribution in [-0.4, -0.2) is 59.2 Å². The molecule has 5 heteroatoms. The van der Waals surface area contributed by atoms with E-state index >= 15 is 0 Å². The van der Waals surface area contributed by atoms with Crippen LogP contribution >= 0.6 is 11.3 Å². The Labute approximate surface area is 101 Å². The van der Waals surface area contributed by atoms with Crippen LogP contribution in [-0.2, 0) is 6.54 Å². The zero-order valence-corrected chi connectivity index (χ0v) is 10.3. The fourth-order valence-corrected chi connectivity index (χ4v) is 2.72. The second-order valence-electron chi connectivity index (χ2n) is 4.16. The molecule has 2 rings (SSSR count). The molecule has 1 fully saturated rings. The highest BCUT2D eigenvalue weighted by Gasteiger charge is 2.14. The lowest BCUT2D eigenvalue weighted by Gasteiger charge is -2.20. The van der Waals surface area contributed by atoms with Crippen molar-refractivity contribution in [3.63, 3.8) is 0 Å². The minimum absolute atomic E-state index is 0.273. The fourth-order valence-electron chi connectivity index (χ4n) is 2.09. The van der Waals surface area contributed by atoms with Crippen LogP contribution < -0.4 is 0 Å². The summed E-state index contributed by atoms with van der Waals surface area (Å²) in [6.45, 7) is 6.54. The normalized spacial score (nSPS) is 19.8. The van der Waals surface area contributed by atoms with Crippen LogP contribution in [0.4, 0.5) is 0 Å². The Morgan fingerprint density at radius 3 is 2.81 bits per heavy atom. The molecule has 0 atom stereocenters. The highest BCUT2D eigenvalue weighted by atomic mass is 32.1. The third-order valence-corrected chi connectivity index (χ3v) is 3.72. The Morgan fingerprint density at radius 1 is 1.25 bits per heavy atom. The van der Waals surface area contributed by atoms with Crippen molar-refractivity contribution in [1.29, 1.82) is 0 Å². The van der Waals surface area contributed by atoms with Gasteiger partial charge in [0.2, 0.25) is 0 Å². The third-order valence-electron chi connectivity index (χ3n) is 2.96. The molecule has 1 aromatic heterocycles. The molecule has 1 N–H and O–H groups in total. The van der Waals surface area contributed by atoms with E-state index in [-0.39, 0.29) is 6.61 Å². The largest absolute Gasteiger partial charge is 0.395 e. The van der Waals surface area contributed by atoms with Crippen LogP contribution in [0.15, 0.2) is 11.7 Å². The van der Waals surface area contributed by atoms with Gasteiger partial charge in [0.25, 0.3) is 0 Å². The van der Waals surface area contributed by atoms with Crippen LogP contribution in [0.5, 0.6) is 0 Å². The number of aliphatic hydroxyl groups excluding tert-OH is 1. The molecule has 2 heterocycles. The maximum absolute atomic E-state index is 8.92. The van der Waals surface area contributed by atoms with Crippen molar-refractivity contribution in [2.45, 2.75) is 13.0 Å². The Kier molecular flexibility index (Phi) is 4.71. The van der Waals surface area contributed by atoms with Crippen LogP contribution in [0.25, 0.3) is 0 Å². The summed E-state index contributed by atoms with van der Waals surface area (Å²) in [6.07, 6.45) is 3.15.